The van der Waals surface area contributed by atoms with Crippen LogP contribution in [0.2, 0.25) is 5.02 Å². The van der Waals surface area contributed by atoms with Gasteiger partial charge < -0.3 is 10.3 Å². The second kappa shape index (κ2) is 8.90. The van der Waals surface area contributed by atoms with Gasteiger partial charge in [0.05, 0.1) is 16.4 Å². The minimum atomic E-state index is -0.591. The predicted molar refractivity (Wildman–Crippen MR) is 110 cm³/mol. The van der Waals surface area contributed by atoms with E-state index in [4.69, 9.17) is 11.6 Å². The number of rotatable bonds is 7. The molecule has 1 heterocycles. The fourth-order valence-electron chi connectivity index (χ4n) is 2.56. The molecule has 28 heavy (non-hydrogen) atoms. The number of carbonyl (C=O) groups excluding carboxylic acids is 1. The van der Waals surface area contributed by atoms with Crippen molar-refractivity contribution in [2.24, 2.45) is 0 Å². The summed E-state index contributed by atoms with van der Waals surface area (Å²) in [5, 5.41) is 14.2. The number of nitrogens with zero attached hydrogens (tertiary/aromatic N) is 2. The average molecular weight is 417 g/mol. The van der Waals surface area contributed by atoms with Gasteiger partial charge in [-0.15, -0.1) is 0 Å². The zero-order chi connectivity index (χ0) is 20.1. The fraction of sp³-hybridized carbons (Fsp3) is 0.158. The number of hydrogen-bond acceptors (Lipinski definition) is 5. The number of nitro groups is 1. The predicted octanol–water partition coefficient (Wildman–Crippen LogP) is 4.60. The molecule has 9 heteroatoms. The third kappa shape index (κ3) is 5.11. The highest BCUT2D eigenvalue weighted by Gasteiger charge is 2.15. The topological polar surface area (TPSA) is 101 Å². The number of aromatic amines is 1. The highest BCUT2D eigenvalue weighted by atomic mass is 35.5. The largest absolute Gasteiger partial charge is 0.337 e. The molecule has 3 aromatic rings. The lowest BCUT2D eigenvalue weighted by atomic mass is 10.1. The van der Waals surface area contributed by atoms with Crippen LogP contribution < -0.4 is 5.32 Å². The average Bonchev–Trinajstić information content (AvgIpc) is 3.02. The molecule has 0 radical (unpaired) electrons. The van der Waals surface area contributed by atoms with Gasteiger partial charge in [0.1, 0.15) is 5.02 Å². The van der Waals surface area contributed by atoms with Crippen LogP contribution in [0.3, 0.4) is 0 Å². The number of imidazole rings is 1. The van der Waals surface area contributed by atoms with Crippen LogP contribution in [0.4, 0.5) is 11.4 Å². The second-order valence-electron chi connectivity index (χ2n) is 6.04. The zero-order valence-electron chi connectivity index (χ0n) is 14.9. The summed E-state index contributed by atoms with van der Waals surface area (Å²) >= 11 is 7.04. The van der Waals surface area contributed by atoms with Crippen LogP contribution in [0.15, 0.2) is 53.7 Å². The molecule has 2 aromatic carbocycles. The maximum atomic E-state index is 12.2. The number of aryl methyl sites for hydroxylation is 1. The Morgan fingerprint density at radius 2 is 2.04 bits per heavy atom. The molecule has 0 aliphatic carbocycles. The van der Waals surface area contributed by atoms with E-state index in [1.807, 2.05) is 37.3 Å². The summed E-state index contributed by atoms with van der Waals surface area (Å²) in [5.41, 5.74) is 3.12. The Morgan fingerprint density at radius 1 is 1.29 bits per heavy atom. The number of hydrogen-bond donors (Lipinski definition) is 2. The number of aromatic nitrogens is 2. The van der Waals surface area contributed by atoms with E-state index in [2.05, 4.69) is 15.3 Å². The Balaban J connectivity index is 1.58. The summed E-state index contributed by atoms with van der Waals surface area (Å²) in [6.07, 6.45) is 0.713. The van der Waals surface area contributed by atoms with Crippen LogP contribution in [-0.4, -0.2) is 26.6 Å². The molecule has 2 N–H and O–H groups in total. The van der Waals surface area contributed by atoms with Crippen molar-refractivity contribution in [3.05, 3.63) is 80.6 Å². The van der Waals surface area contributed by atoms with Crippen LogP contribution in [0.5, 0.6) is 0 Å². The maximum absolute atomic E-state index is 12.2. The van der Waals surface area contributed by atoms with E-state index in [9.17, 15) is 14.9 Å². The number of benzene rings is 2. The van der Waals surface area contributed by atoms with Crippen molar-refractivity contribution in [2.45, 2.75) is 18.5 Å². The lowest BCUT2D eigenvalue weighted by Crippen LogP contribution is -2.14. The molecular weight excluding hydrogens is 400 g/mol. The molecular formula is C19H17ClN4O3S. The van der Waals surface area contributed by atoms with Gasteiger partial charge in [0.25, 0.3) is 5.69 Å². The van der Waals surface area contributed by atoms with Gasteiger partial charge in [0.2, 0.25) is 5.91 Å². The van der Waals surface area contributed by atoms with E-state index >= 15 is 0 Å². The number of H-pyrrole nitrogens is 1. The lowest BCUT2D eigenvalue weighted by Gasteiger charge is -2.05. The van der Waals surface area contributed by atoms with E-state index in [0.29, 0.717) is 17.3 Å². The molecule has 0 atom stereocenters. The first-order valence-electron chi connectivity index (χ1n) is 8.38. The normalized spacial score (nSPS) is 10.6. The standard InChI is InChI=1S/C19H17ClN4O3S/c1-12-16(9-13-5-3-2-4-6-13)23-19(21-12)28-11-18(25)22-14-7-8-15(20)17(10-14)24(26)27/h2-8,10H,9,11H2,1H3,(H,21,23)(H,22,25). The molecule has 7 nitrogen and oxygen atoms in total. The van der Waals surface area contributed by atoms with Crippen LogP contribution in [-0.2, 0) is 11.2 Å². The molecule has 0 aliphatic rings. The Kier molecular flexibility index (Phi) is 6.33. The minimum absolute atomic E-state index is 0.0226. The molecule has 3 rings (SSSR count). The number of amides is 1. The van der Waals surface area contributed by atoms with Crippen molar-refractivity contribution in [1.82, 2.24) is 9.97 Å². The first-order chi connectivity index (χ1) is 13.4. The van der Waals surface area contributed by atoms with E-state index < -0.39 is 4.92 Å². The Bertz CT molecular complexity index is 1010. The molecule has 144 valence electrons. The number of nitrogens with one attached hydrogen (secondary N) is 2. The molecule has 0 saturated heterocycles. The molecule has 0 aliphatic heterocycles. The summed E-state index contributed by atoms with van der Waals surface area (Å²) in [5.74, 6) is -0.172. The highest BCUT2D eigenvalue weighted by molar-refractivity contribution is 7.99. The van der Waals surface area contributed by atoms with Crippen molar-refractivity contribution >= 4 is 40.6 Å². The molecule has 0 fully saturated rings. The minimum Gasteiger partial charge on any atom is -0.337 e. The van der Waals surface area contributed by atoms with Gasteiger partial charge in [-0.2, -0.15) is 0 Å². The Hall–Kier alpha value is -2.84. The van der Waals surface area contributed by atoms with E-state index in [-0.39, 0.29) is 22.4 Å². The van der Waals surface area contributed by atoms with Crippen LogP contribution >= 0.6 is 23.4 Å². The number of nitro benzene ring substituents is 1. The van der Waals surface area contributed by atoms with Crippen LogP contribution in [0, 0.1) is 17.0 Å². The van der Waals surface area contributed by atoms with Gasteiger partial charge in [-0.25, -0.2) is 4.98 Å². The summed E-state index contributed by atoms with van der Waals surface area (Å²) in [4.78, 5) is 30.2. The monoisotopic (exact) mass is 416 g/mol. The fourth-order valence-corrected chi connectivity index (χ4v) is 3.48. The SMILES string of the molecule is Cc1[nH]c(SCC(=O)Nc2ccc(Cl)c([N+](=O)[O-])c2)nc1Cc1ccccc1. The third-order valence-electron chi connectivity index (χ3n) is 3.94. The van der Waals surface area contributed by atoms with E-state index in [0.717, 1.165) is 17.0 Å². The van der Waals surface area contributed by atoms with Crippen molar-refractivity contribution in [1.29, 1.82) is 0 Å². The number of anilines is 1. The molecule has 0 spiro atoms. The van der Waals surface area contributed by atoms with E-state index in [1.165, 1.54) is 30.0 Å². The van der Waals surface area contributed by atoms with Gasteiger partial charge in [0, 0.05) is 23.9 Å². The number of carbonyl (C=O) groups is 1. The van der Waals surface area contributed by atoms with Crippen molar-refractivity contribution < 1.29 is 9.72 Å². The van der Waals surface area contributed by atoms with Crippen molar-refractivity contribution in [2.75, 3.05) is 11.1 Å². The summed E-state index contributed by atoms with van der Waals surface area (Å²) in [7, 11) is 0. The first kappa shape index (κ1) is 19.9. The smallest absolute Gasteiger partial charge is 0.289 e. The molecule has 1 amide bonds. The maximum Gasteiger partial charge on any atom is 0.289 e. The van der Waals surface area contributed by atoms with Gasteiger partial charge in [-0.3, -0.25) is 14.9 Å². The lowest BCUT2D eigenvalue weighted by molar-refractivity contribution is -0.384. The number of halogens is 1. The first-order valence-corrected chi connectivity index (χ1v) is 9.74. The molecule has 0 saturated carbocycles. The van der Waals surface area contributed by atoms with Crippen LogP contribution in [0.25, 0.3) is 0 Å². The summed E-state index contributed by atoms with van der Waals surface area (Å²) < 4.78 is 0. The summed E-state index contributed by atoms with van der Waals surface area (Å²) in [6, 6.07) is 14.2. The quantitative estimate of drug-likeness (QED) is 0.333. The van der Waals surface area contributed by atoms with Crippen LogP contribution in [0.1, 0.15) is 17.0 Å². The Labute approximate surface area is 170 Å². The van der Waals surface area contributed by atoms with Crippen molar-refractivity contribution in [3.8, 4) is 0 Å². The third-order valence-corrected chi connectivity index (χ3v) is 5.14. The molecule has 0 unspecified atom stereocenters. The highest BCUT2D eigenvalue weighted by Crippen LogP contribution is 2.27. The van der Waals surface area contributed by atoms with E-state index in [1.54, 1.807) is 0 Å². The molecule has 0 bridgehead atoms. The molecule has 1 aromatic heterocycles. The van der Waals surface area contributed by atoms with Gasteiger partial charge in [-0.1, -0.05) is 53.7 Å². The van der Waals surface area contributed by atoms with Gasteiger partial charge in [-0.05, 0) is 24.6 Å². The van der Waals surface area contributed by atoms with Gasteiger partial charge in [0.15, 0.2) is 5.16 Å². The Morgan fingerprint density at radius 3 is 2.75 bits per heavy atom. The summed E-state index contributed by atoms with van der Waals surface area (Å²) in [6.45, 7) is 1.95. The van der Waals surface area contributed by atoms with Crippen molar-refractivity contribution in [3.63, 3.8) is 0 Å². The zero-order valence-corrected chi connectivity index (χ0v) is 16.5. The van der Waals surface area contributed by atoms with Gasteiger partial charge >= 0.3 is 0 Å². The number of thioether (sulfide) groups is 1. The second-order valence-corrected chi connectivity index (χ2v) is 7.41.